The molecule has 4 rings (SSSR count). The fraction of sp³-hybridized carbons (Fsp3) is 0.240. The molecule has 3 N–H and O–H groups in total. The lowest BCUT2D eigenvalue weighted by Gasteiger charge is -2.09. The molecule has 0 spiro atoms. The van der Waals surface area contributed by atoms with Crippen LogP contribution in [0.15, 0.2) is 67.0 Å². The monoisotopic (exact) mass is 459 g/mol. The number of carbonyl (C=O) groups excluding carboxylic acids is 3. The van der Waals surface area contributed by atoms with E-state index in [0.717, 1.165) is 18.4 Å². The number of ether oxygens (including phenoxy) is 1. The number of aromatic nitrogens is 2. The molecule has 3 aromatic rings. The second-order valence-corrected chi connectivity index (χ2v) is 7.87. The number of nitrogens with zero attached hydrogens (tertiary/aromatic N) is 2. The minimum Gasteiger partial charge on any atom is -0.473 e. The molecule has 0 radical (unpaired) electrons. The molecule has 0 atom stereocenters. The highest BCUT2D eigenvalue weighted by atomic mass is 16.5. The molecule has 0 aliphatic heterocycles. The van der Waals surface area contributed by atoms with Gasteiger partial charge in [-0.1, -0.05) is 30.3 Å². The molecule has 2 aromatic carbocycles. The third-order valence-electron chi connectivity index (χ3n) is 5.16. The summed E-state index contributed by atoms with van der Waals surface area (Å²) >= 11 is 0. The second kappa shape index (κ2) is 11.0. The van der Waals surface area contributed by atoms with Crippen molar-refractivity contribution in [3.05, 3.63) is 83.8 Å². The van der Waals surface area contributed by atoms with Gasteiger partial charge in [0.2, 0.25) is 11.8 Å². The van der Waals surface area contributed by atoms with E-state index in [4.69, 9.17) is 4.74 Å². The molecule has 1 heterocycles. The number of hydrogen-bond donors (Lipinski definition) is 3. The van der Waals surface area contributed by atoms with Gasteiger partial charge in [-0.3, -0.25) is 14.4 Å². The van der Waals surface area contributed by atoms with Crippen LogP contribution in [0.25, 0.3) is 0 Å². The van der Waals surface area contributed by atoms with Crippen molar-refractivity contribution in [1.29, 1.82) is 0 Å². The zero-order chi connectivity index (χ0) is 23.8. The van der Waals surface area contributed by atoms with Gasteiger partial charge in [0.25, 0.3) is 11.8 Å². The largest absolute Gasteiger partial charge is 0.473 e. The Morgan fingerprint density at radius 3 is 2.29 bits per heavy atom. The lowest BCUT2D eigenvalue weighted by atomic mass is 10.2. The summed E-state index contributed by atoms with van der Waals surface area (Å²) in [6, 6.07) is 17.8. The zero-order valence-corrected chi connectivity index (χ0v) is 18.5. The standard InChI is InChI=1S/C25H25N5O4/c31-23(18-8-10-20(11-9-18)30-24(32)19-6-7-19)26-12-13-27-25(33)21-14-22(29-16-28-21)34-15-17-4-2-1-3-5-17/h1-5,8-11,14,16,19H,6-7,12-13,15H2,(H,26,31)(H,27,33)(H,30,32). The van der Waals surface area contributed by atoms with E-state index < -0.39 is 5.91 Å². The molecular formula is C25H25N5O4. The van der Waals surface area contributed by atoms with E-state index in [2.05, 4.69) is 25.9 Å². The first-order valence-electron chi connectivity index (χ1n) is 11.0. The number of nitrogens with one attached hydrogen (secondary N) is 3. The maximum Gasteiger partial charge on any atom is 0.270 e. The summed E-state index contributed by atoms with van der Waals surface area (Å²) in [6.45, 7) is 0.802. The average Bonchev–Trinajstić information content (AvgIpc) is 3.72. The Labute approximate surface area is 197 Å². The molecular weight excluding hydrogens is 434 g/mol. The van der Waals surface area contributed by atoms with Crippen LogP contribution >= 0.6 is 0 Å². The van der Waals surface area contributed by atoms with Crippen LogP contribution in [0.2, 0.25) is 0 Å². The van der Waals surface area contributed by atoms with Crippen molar-refractivity contribution < 1.29 is 19.1 Å². The third-order valence-corrected chi connectivity index (χ3v) is 5.16. The van der Waals surface area contributed by atoms with Gasteiger partial charge in [-0.2, -0.15) is 0 Å². The lowest BCUT2D eigenvalue weighted by molar-refractivity contribution is -0.117. The molecule has 0 saturated heterocycles. The Hall–Kier alpha value is -4.27. The van der Waals surface area contributed by atoms with E-state index in [1.807, 2.05) is 30.3 Å². The fourth-order valence-corrected chi connectivity index (χ4v) is 3.11. The topological polar surface area (TPSA) is 122 Å². The highest BCUT2D eigenvalue weighted by molar-refractivity contribution is 5.97. The van der Waals surface area contributed by atoms with Crippen molar-refractivity contribution in [3.63, 3.8) is 0 Å². The molecule has 1 fully saturated rings. The Kier molecular flexibility index (Phi) is 7.44. The van der Waals surface area contributed by atoms with Gasteiger partial charge < -0.3 is 20.7 Å². The highest BCUT2D eigenvalue weighted by Gasteiger charge is 2.29. The van der Waals surface area contributed by atoms with Crippen molar-refractivity contribution in [1.82, 2.24) is 20.6 Å². The van der Waals surface area contributed by atoms with Crippen LogP contribution in [-0.4, -0.2) is 40.8 Å². The molecule has 9 heteroatoms. The Morgan fingerprint density at radius 2 is 1.59 bits per heavy atom. The first-order valence-corrected chi connectivity index (χ1v) is 11.0. The molecule has 1 aliphatic carbocycles. The minimum absolute atomic E-state index is 0.0199. The summed E-state index contributed by atoms with van der Waals surface area (Å²) in [6.07, 6.45) is 3.14. The predicted molar refractivity (Wildman–Crippen MR) is 125 cm³/mol. The number of amides is 3. The molecule has 1 aliphatic rings. The number of anilines is 1. The van der Waals surface area contributed by atoms with Crippen LogP contribution in [0.4, 0.5) is 5.69 Å². The molecule has 1 aromatic heterocycles. The Balaban J connectivity index is 1.18. The quantitative estimate of drug-likeness (QED) is 0.401. The number of benzene rings is 2. The van der Waals surface area contributed by atoms with Crippen molar-refractivity contribution >= 4 is 23.4 Å². The van der Waals surface area contributed by atoms with Gasteiger partial charge in [0.1, 0.15) is 18.6 Å². The van der Waals surface area contributed by atoms with E-state index in [-0.39, 0.29) is 36.5 Å². The summed E-state index contributed by atoms with van der Waals surface area (Å²) in [7, 11) is 0. The fourth-order valence-electron chi connectivity index (χ4n) is 3.11. The van der Waals surface area contributed by atoms with E-state index in [0.29, 0.717) is 23.7 Å². The van der Waals surface area contributed by atoms with E-state index in [1.54, 1.807) is 24.3 Å². The zero-order valence-electron chi connectivity index (χ0n) is 18.5. The van der Waals surface area contributed by atoms with E-state index >= 15 is 0 Å². The molecule has 1 saturated carbocycles. The molecule has 9 nitrogen and oxygen atoms in total. The smallest absolute Gasteiger partial charge is 0.270 e. The third kappa shape index (κ3) is 6.61. The van der Waals surface area contributed by atoms with Crippen molar-refractivity contribution in [2.24, 2.45) is 5.92 Å². The van der Waals surface area contributed by atoms with Crippen LogP contribution in [0.5, 0.6) is 5.88 Å². The van der Waals surface area contributed by atoms with E-state index in [9.17, 15) is 14.4 Å². The summed E-state index contributed by atoms with van der Waals surface area (Å²) in [5.41, 5.74) is 2.29. The van der Waals surface area contributed by atoms with Gasteiger partial charge in [-0.05, 0) is 42.7 Å². The maximum atomic E-state index is 12.4. The van der Waals surface area contributed by atoms with Crippen LogP contribution in [0.1, 0.15) is 39.3 Å². The summed E-state index contributed by atoms with van der Waals surface area (Å²) in [5, 5.41) is 8.29. The number of hydrogen-bond acceptors (Lipinski definition) is 6. The first-order chi connectivity index (χ1) is 16.6. The van der Waals surface area contributed by atoms with Crippen LogP contribution in [0.3, 0.4) is 0 Å². The molecule has 3 amide bonds. The maximum absolute atomic E-state index is 12.4. The van der Waals surface area contributed by atoms with Gasteiger partial charge in [0, 0.05) is 36.3 Å². The van der Waals surface area contributed by atoms with Crippen molar-refractivity contribution in [3.8, 4) is 5.88 Å². The van der Waals surface area contributed by atoms with Crippen LogP contribution in [-0.2, 0) is 11.4 Å². The van der Waals surface area contributed by atoms with Crippen molar-refractivity contribution in [2.45, 2.75) is 19.4 Å². The number of rotatable bonds is 10. The Morgan fingerprint density at radius 1 is 0.882 bits per heavy atom. The number of carbonyl (C=O) groups is 3. The normalized spacial score (nSPS) is 12.5. The average molecular weight is 460 g/mol. The van der Waals surface area contributed by atoms with Gasteiger partial charge >= 0.3 is 0 Å². The highest BCUT2D eigenvalue weighted by Crippen LogP contribution is 2.30. The van der Waals surface area contributed by atoms with Gasteiger partial charge in [-0.25, -0.2) is 9.97 Å². The predicted octanol–water partition coefficient (Wildman–Crippen LogP) is 2.56. The SMILES string of the molecule is O=C(NCCNC(=O)c1cc(OCc2ccccc2)ncn1)c1ccc(NC(=O)C2CC2)cc1. The van der Waals surface area contributed by atoms with Crippen molar-refractivity contribution in [2.75, 3.05) is 18.4 Å². The van der Waals surface area contributed by atoms with Gasteiger partial charge in [0.15, 0.2) is 0 Å². The summed E-state index contributed by atoms with van der Waals surface area (Å²) in [5.74, 6) is -0.223. The molecule has 0 bridgehead atoms. The molecule has 34 heavy (non-hydrogen) atoms. The van der Waals surface area contributed by atoms with Crippen LogP contribution < -0.4 is 20.7 Å². The molecule has 0 unspecified atom stereocenters. The molecule has 174 valence electrons. The lowest BCUT2D eigenvalue weighted by Crippen LogP contribution is -2.35. The Bertz CT molecular complexity index is 1150. The minimum atomic E-state index is -0.392. The van der Waals surface area contributed by atoms with Crippen LogP contribution in [0, 0.1) is 5.92 Å². The van der Waals surface area contributed by atoms with E-state index in [1.165, 1.54) is 12.4 Å². The van der Waals surface area contributed by atoms with Gasteiger partial charge in [-0.15, -0.1) is 0 Å². The van der Waals surface area contributed by atoms with Gasteiger partial charge in [0.05, 0.1) is 0 Å². The summed E-state index contributed by atoms with van der Waals surface area (Å²) in [4.78, 5) is 44.5. The second-order valence-electron chi connectivity index (χ2n) is 7.87. The first kappa shape index (κ1) is 22.9. The summed E-state index contributed by atoms with van der Waals surface area (Å²) < 4.78 is 5.62.